The second kappa shape index (κ2) is 13.1. The number of aromatic nitrogens is 3. The lowest BCUT2D eigenvalue weighted by Crippen LogP contribution is -1.99. The molecule has 0 saturated heterocycles. The molecule has 0 spiro atoms. The maximum absolute atomic E-state index is 5.48. The number of benzene rings is 8. The lowest BCUT2D eigenvalue weighted by atomic mass is 9.97. The summed E-state index contributed by atoms with van der Waals surface area (Å²) in [5.74, 6) is 0. The van der Waals surface area contributed by atoms with Crippen molar-refractivity contribution in [1.29, 1.82) is 0 Å². The molecule has 0 aliphatic carbocycles. The average Bonchev–Trinajstić information content (AvgIpc) is 3.80. The van der Waals surface area contributed by atoms with Crippen LogP contribution in [0.4, 0.5) is 0 Å². The summed E-state index contributed by atoms with van der Waals surface area (Å²) in [5, 5.41) is 4.98. The van der Waals surface area contributed by atoms with Crippen LogP contribution in [0.15, 0.2) is 212 Å². The highest BCUT2D eigenvalue weighted by molar-refractivity contribution is 6.29. The van der Waals surface area contributed by atoms with E-state index in [0.29, 0.717) is 0 Å². The Kier molecular flexibility index (Phi) is 7.49. The third kappa shape index (κ3) is 5.17. The summed E-state index contributed by atoms with van der Waals surface area (Å²) < 4.78 is 4.85. The van der Waals surface area contributed by atoms with Crippen LogP contribution in [0.5, 0.6) is 0 Å². The zero-order valence-electron chi connectivity index (χ0n) is 30.5. The fourth-order valence-corrected chi connectivity index (χ4v) is 8.62. The zero-order chi connectivity index (χ0) is 37.0. The fourth-order valence-electron chi connectivity index (χ4n) is 8.62. The molecule has 3 aromatic heterocycles. The number of hydrogen-bond acceptors (Lipinski definition) is 1. The molecule has 0 unspecified atom stereocenters. The van der Waals surface area contributed by atoms with Gasteiger partial charge in [0.05, 0.1) is 39.1 Å². The van der Waals surface area contributed by atoms with Gasteiger partial charge >= 0.3 is 0 Å². The summed E-state index contributed by atoms with van der Waals surface area (Å²) in [6.45, 7) is 0. The SMILES string of the molecule is c1ccc(-c2cccc(-c3cc(-c4ccccc4)cc(-c4ccccc4-n4c5ccccc5c5c6c7ccccc7n(-c7ccccc7)c6ccc54)n3)c2)cc1. The van der Waals surface area contributed by atoms with Crippen molar-refractivity contribution >= 4 is 43.6 Å². The first kappa shape index (κ1) is 32.0. The normalized spacial score (nSPS) is 11.6. The maximum Gasteiger partial charge on any atom is 0.0736 e. The van der Waals surface area contributed by atoms with Gasteiger partial charge in [0.15, 0.2) is 0 Å². The summed E-state index contributed by atoms with van der Waals surface area (Å²) in [7, 11) is 0. The second-order valence-electron chi connectivity index (χ2n) is 14.4. The van der Waals surface area contributed by atoms with Crippen molar-refractivity contribution in [3.05, 3.63) is 212 Å². The molecular formula is C53H35N3. The minimum Gasteiger partial charge on any atom is -0.309 e. The lowest BCUT2D eigenvalue weighted by molar-refractivity contribution is 1.17. The van der Waals surface area contributed by atoms with Gasteiger partial charge in [0.25, 0.3) is 0 Å². The molecule has 3 heterocycles. The maximum atomic E-state index is 5.48. The van der Waals surface area contributed by atoms with Crippen molar-refractivity contribution in [1.82, 2.24) is 14.1 Å². The Morgan fingerprint density at radius 2 is 0.804 bits per heavy atom. The first-order chi connectivity index (χ1) is 27.8. The summed E-state index contributed by atoms with van der Waals surface area (Å²) in [6, 6.07) is 76.1. The van der Waals surface area contributed by atoms with Crippen LogP contribution >= 0.6 is 0 Å². The molecule has 0 atom stereocenters. The van der Waals surface area contributed by atoms with Gasteiger partial charge < -0.3 is 9.13 Å². The van der Waals surface area contributed by atoms with Crippen LogP contribution in [0.1, 0.15) is 0 Å². The quantitative estimate of drug-likeness (QED) is 0.168. The predicted molar refractivity (Wildman–Crippen MR) is 235 cm³/mol. The molecule has 56 heavy (non-hydrogen) atoms. The topological polar surface area (TPSA) is 22.8 Å². The van der Waals surface area contributed by atoms with E-state index in [0.717, 1.165) is 56.0 Å². The van der Waals surface area contributed by atoms with Gasteiger partial charge in [-0.1, -0.05) is 152 Å². The molecule has 0 radical (unpaired) electrons. The highest BCUT2D eigenvalue weighted by Gasteiger charge is 2.22. The minimum absolute atomic E-state index is 0.926. The summed E-state index contributed by atoms with van der Waals surface area (Å²) in [4.78, 5) is 5.48. The monoisotopic (exact) mass is 713 g/mol. The molecule has 11 rings (SSSR count). The van der Waals surface area contributed by atoms with Crippen molar-refractivity contribution in [2.24, 2.45) is 0 Å². The molecule has 0 amide bonds. The van der Waals surface area contributed by atoms with E-state index in [4.69, 9.17) is 4.98 Å². The third-order valence-corrected chi connectivity index (χ3v) is 11.1. The molecule has 0 bridgehead atoms. The van der Waals surface area contributed by atoms with E-state index in [2.05, 4.69) is 221 Å². The van der Waals surface area contributed by atoms with Gasteiger partial charge in [-0.05, 0) is 82.9 Å². The molecule has 3 nitrogen and oxygen atoms in total. The molecule has 0 N–H and O–H groups in total. The highest BCUT2D eigenvalue weighted by atomic mass is 15.0. The number of rotatable bonds is 6. The minimum atomic E-state index is 0.926. The largest absolute Gasteiger partial charge is 0.309 e. The smallest absolute Gasteiger partial charge is 0.0736 e. The summed E-state index contributed by atoms with van der Waals surface area (Å²) in [6.07, 6.45) is 0. The van der Waals surface area contributed by atoms with Gasteiger partial charge in [0.2, 0.25) is 0 Å². The van der Waals surface area contributed by atoms with E-state index in [1.807, 2.05) is 0 Å². The molecule has 0 saturated carbocycles. The van der Waals surface area contributed by atoms with Crippen molar-refractivity contribution in [2.45, 2.75) is 0 Å². The first-order valence-corrected chi connectivity index (χ1v) is 19.1. The summed E-state index contributed by atoms with van der Waals surface area (Å²) in [5.41, 5.74) is 15.6. The standard InChI is InChI=1S/C53H35N3/c1-4-17-36(18-5-1)38-21-16-22-39(33-38)45-34-40(37-19-6-2-7-20-37)35-46(54-45)42-25-10-13-28-47(42)56-49-30-15-12-27-44(49)53-51(56)32-31-50-52(53)43-26-11-14-29-48(43)55(50)41-23-8-3-9-24-41/h1-35H. The van der Waals surface area contributed by atoms with E-state index in [1.165, 1.54) is 43.7 Å². The second-order valence-corrected chi connectivity index (χ2v) is 14.4. The Balaban J connectivity index is 1.17. The fraction of sp³-hybridized carbons (Fsp3) is 0. The van der Waals surface area contributed by atoms with Crippen LogP contribution < -0.4 is 0 Å². The van der Waals surface area contributed by atoms with Crippen LogP contribution in [-0.4, -0.2) is 14.1 Å². The summed E-state index contributed by atoms with van der Waals surface area (Å²) >= 11 is 0. The van der Waals surface area contributed by atoms with E-state index in [-0.39, 0.29) is 0 Å². The molecule has 11 aromatic rings. The average molecular weight is 714 g/mol. The molecule has 3 heteroatoms. The number of fused-ring (bicyclic) bond motifs is 7. The Bertz CT molecular complexity index is 3230. The lowest BCUT2D eigenvalue weighted by Gasteiger charge is -2.16. The van der Waals surface area contributed by atoms with Crippen LogP contribution in [0.3, 0.4) is 0 Å². The number of pyridine rings is 1. The van der Waals surface area contributed by atoms with Crippen molar-refractivity contribution < 1.29 is 0 Å². The molecule has 0 fully saturated rings. The van der Waals surface area contributed by atoms with Gasteiger partial charge in [-0.2, -0.15) is 0 Å². The number of nitrogens with zero attached hydrogens (tertiary/aromatic N) is 3. The molecule has 0 aliphatic heterocycles. The number of hydrogen-bond donors (Lipinski definition) is 0. The Labute approximate surface area is 325 Å². The van der Waals surface area contributed by atoms with E-state index < -0.39 is 0 Å². The van der Waals surface area contributed by atoms with Gasteiger partial charge in [-0.15, -0.1) is 0 Å². The number of para-hydroxylation sites is 4. The van der Waals surface area contributed by atoms with Crippen molar-refractivity contribution in [2.75, 3.05) is 0 Å². The van der Waals surface area contributed by atoms with Gasteiger partial charge in [0.1, 0.15) is 0 Å². The Morgan fingerprint density at radius 3 is 1.50 bits per heavy atom. The van der Waals surface area contributed by atoms with E-state index >= 15 is 0 Å². The van der Waals surface area contributed by atoms with Crippen molar-refractivity contribution in [3.8, 4) is 56.1 Å². The molecule has 262 valence electrons. The molecular weight excluding hydrogens is 679 g/mol. The van der Waals surface area contributed by atoms with Gasteiger partial charge in [-0.25, -0.2) is 4.98 Å². The predicted octanol–water partition coefficient (Wildman–Crippen LogP) is 13.9. The zero-order valence-corrected chi connectivity index (χ0v) is 30.5. The third-order valence-electron chi connectivity index (χ3n) is 11.1. The van der Waals surface area contributed by atoms with Crippen LogP contribution in [0.25, 0.3) is 99.8 Å². The van der Waals surface area contributed by atoms with Gasteiger partial charge in [-0.3, -0.25) is 0 Å². The Morgan fingerprint density at radius 1 is 0.304 bits per heavy atom. The highest BCUT2D eigenvalue weighted by Crippen LogP contribution is 2.44. The van der Waals surface area contributed by atoms with Crippen LogP contribution in [-0.2, 0) is 0 Å². The van der Waals surface area contributed by atoms with Crippen LogP contribution in [0.2, 0.25) is 0 Å². The Hall–Kier alpha value is -7.49. The van der Waals surface area contributed by atoms with Gasteiger partial charge in [0, 0.05) is 38.4 Å². The first-order valence-electron chi connectivity index (χ1n) is 19.1. The van der Waals surface area contributed by atoms with E-state index in [9.17, 15) is 0 Å². The molecule has 8 aromatic carbocycles. The van der Waals surface area contributed by atoms with E-state index in [1.54, 1.807) is 0 Å². The molecule has 0 aliphatic rings. The van der Waals surface area contributed by atoms with Crippen molar-refractivity contribution in [3.63, 3.8) is 0 Å². The van der Waals surface area contributed by atoms with Crippen LogP contribution in [0, 0.1) is 0 Å².